The molecule has 0 amide bonds. The predicted octanol–water partition coefficient (Wildman–Crippen LogP) is -1.52. The van der Waals surface area contributed by atoms with Crippen LogP contribution >= 0.6 is 0 Å². The second kappa shape index (κ2) is 3.99. The highest BCUT2D eigenvalue weighted by Crippen LogP contribution is 2.30. The van der Waals surface area contributed by atoms with E-state index in [-0.39, 0.29) is 0 Å². The van der Waals surface area contributed by atoms with E-state index in [0.29, 0.717) is 0 Å². The maximum absolute atomic E-state index is 10.8. The van der Waals surface area contributed by atoms with Crippen LogP contribution in [0.2, 0.25) is 0 Å². The van der Waals surface area contributed by atoms with Crippen molar-refractivity contribution < 1.29 is 39.5 Å². The fraction of sp³-hybridized carbons (Fsp3) is 0.500. The van der Waals surface area contributed by atoms with Gasteiger partial charge < -0.3 is 29.9 Å². The quantitative estimate of drug-likeness (QED) is 0.433. The third-order valence-corrected chi connectivity index (χ3v) is 1.90. The van der Waals surface area contributed by atoms with E-state index in [9.17, 15) is 19.8 Å². The Kier molecular flexibility index (Phi) is 3.06. The number of carbonyl (C=O) groups excluding carboxylic acids is 2. The van der Waals surface area contributed by atoms with Gasteiger partial charge in [-0.2, -0.15) is 0 Å². The minimum absolute atomic E-state index is 0.712. The Bertz CT molecular complexity index is 359. The number of hydrogen-bond acceptors (Lipinski definition) is 8. The molecule has 0 aromatic heterocycles. The molecule has 0 fully saturated rings. The smallest absolute Gasteiger partial charge is 0.380 e. The molecule has 1 heterocycles. The Labute approximate surface area is 89.3 Å². The lowest BCUT2D eigenvalue weighted by Crippen LogP contribution is -2.47. The molecule has 0 bridgehead atoms. The number of aliphatic hydroxyl groups excluding tert-OH is 3. The highest BCUT2D eigenvalue weighted by atomic mass is 16.7. The summed E-state index contributed by atoms with van der Waals surface area (Å²) in [5.41, 5.74) is 0. The average Bonchev–Trinajstić information content (AvgIpc) is 2.40. The first-order valence-corrected chi connectivity index (χ1v) is 4.19. The van der Waals surface area contributed by atoms with Crippen molar-refractivity contribution in [1.29, 1.82) is 0 Å². The van der Waals surface area contributed by atoms with E-state index in [1.807, 2.05) is 0 Å². The summed E-state index contributed by atoms with van der Waals surface area (Å²) in [4.78, 5) is 21.2. The predicted molar refractivity (Wildman–Crippen MR) is 46.0 cm³/mol. The number of carbonyl (C=O) groups is 2. The molecule has 0 spiro atoms. The molecule has 0 unspecified atom stereocenters. The second-order valence-corrected chi connectivity index (χ2v) is 3.10. The van der Waals surface area contributed by atoms with Gasteiger partial charge in [0.15, 0.2) is 6.10 Å². The first-order chi connectivity index (χ1) is 7.29. The molecule has 0 saturated heterocycles. The summed E-state index contributed by atoms with van der Waals surface area (Å²) in [6, 6.07) is 0. The SMILES string of the molecule is CC(=O)OC[C@H](O)[C@@]1(O)OC(=O)C(O)=C1O. The summed E-state index contributed by atoms with van der Waals surface area (Å²) < 4.78 is 8.51. The summed E-state index contributed by atoms with van der Waals surface area (Å²) in [5, 5.41) is 36.9. The third-order valence-electron chi connectivity index (χ3n) is 1.90. The molecule has 0 aromatic rings. The van der Waals surface area contributed by atoms with E-state index in [1.165, 1.54) is 0 Å². The van der Waals surface area contributed by atoms with Crippen molar-refractivity contribution in [2.45, 2.75) is 18.8 Å². The summed E-state index contributed by atoms with van der Waals surface area (Å²) in [5.74, 6) is -7.35. The highest BCUT2D eigenvalue weighted by Gasteiger charge is 2.53. The average molecular weight is 234 g/mol. The molecule has 0 radical (unpaired) electrons. The maximum atomic E-state index is 10.8. The van der Waals surface area contributed by atoms with Crippen LogP contribution in [0.5, 0.6) is 0 Å². The molecule has 8 heteroatoms. The Hall–Kier alpha value is -1.80. The topological polar surface area (TPSA) is 134 Å². The van der Waals surface area contributed by atoms with E-state index in [1.54, 1.807) is 0 Å². The first kappa shape index (κ1) is 12.3. The van der Waals surface area contributed by atoms with Crippen LogP contribution in [0.1, 0.15) is 6.92 Å². The molecule has 1 aliphatic heterocycles. The van der Waals surface area contributed by atoms with Crippen LogP contribution in [-0.4, -0.2) is 50.9 Å². The molecule has 1 rings (SSSR count). The van der Waals surface area contributed by atoms with Gasteiger partial charge in [-0.3, -0.25) is 4.79 Å². The van der Waals surface area contributed by atoms with E-state index in [2.05, 4.69) is 9.47 Å². The molecular weight excluding hydrogens is 224 g/mol. The summed E-state index contributed by atoms with van der Waals surface area (Å²) in [6.07, 6.45) is -1.91. The van der Waals surface area contributed by atoms with Crippen molar-refractivity contribution in [3.8, 4) is 0 Å². The molecule has 0 aromatic carbocycles. The van der Waals surface area contributed by atoms with Gasteiger partial charge in [-0.1, -0.05) is 0 Å². The van der Waals surface area contributed by atoms with Crippen LogP contribution in [0.25, 0.3) is 0 Å². The normalized spacial score (nSPS) is 26.6. The van der Waals surface area contributed by atoms with Crippen LogP contribution < -0.4 is 0 Å². The number of rotatable bonds is 3. The summed E-state index contributed by atoms with van der Waals surface area (Å²) in [7, 11) is 0. The lowest BCUT2D eigenvalue weighted by atomic mass is 10.1. The van der Waals surface area contributed by atoms with Crippen LogP contribution in [0.3, 0.4) is 0 Å². The van der Waals surface area contributed by atoms with Crippen molar-refractivity contribution >= 4 is 11.9 Å². The van der Waals surface area contributed by atoms with Crippen molar-refractivity contribution in [3.05, 3.63) is 11.5 Å². The van der Waals surface area contributed by atoms with Gasteiger partial charge in [0.05, 0.1) is 0 Å². The standard InChI is InChI=1S/C8H10O8/c1-3(9)15-2-4(10)8(14)6(12)5(11)7(13)16-8/h4,10-12,14H,2H2,1H3/t4-,8+/m0/s1. The zero-order valence-corrected chi connectivity index (χ0v) is 8.21. The van der Waals surface area contributed by atoms with Gasteiger partial charge in [0, 0.05) is 6.92 Å². The third kappa shape index (κ3) is 1.92. The zero-order valence-electron chi connectivity index (χ0n) is 8.21. The van der Waals surface area contributed by atoms with Gasteiger partial charge in [0.25, 0.3) is 0 Å². The number of ether oxygens (including phenoxy) is 2. The van der Waals surface area contributed by atoms with Gasteiger partial charge in [-0.15, -0.1) is 0 Å². The zero-order chi connectivity index (χ0) is 12.5. The Balaban J connectivity index is 2.80. The molecule has 16 heavy (non-hydrogen) atoms. The van der Waals surface area contributed by atoms with E-state index in [0.717, 1.165) is 6.92 Å². The van der Waals surface area contributed by atoms with Gasteiger partial charge in [-0.05, 0) is 0 Å². The Morgan fingerprint density at radius 3 is 2.50 bits per heavy atom. The number of hydrogen-bond donors (Lipinski definition) is 4. The van der Waals surface area contributed by atoms with Crippen molar-refractivity contribution in [2.75, 3.05) is 6.61 Å². The monoisotopic (exact) mass is 234 g/mol. The number of aliphatic hydroxyl groups is 4. The highest BCUT2D eigenvalue weighted by molar-refractivity contribution is 5.89. The Morgan fingerprint density at radius 2 is 2.12 bits per heavy atom. The molecule has 8 nitrogen and oxygen atoms in total. The molecule has 0 aliphatic carbocycles. The van der Waals surface area contributed by atoms with E-state index < -0.39 is 42.0 Å². The van der Waals surface area contributed by atoms with Crippen LogP contribution in [0, 0.1) is 0 Å². The molecule has 90 valence electrons. The first-order valence-electron chi connectivity index (χ1n) is 4.19. The van der Waals surface area contributed by atoms with Crippen molar-refractivity contribution in [1.82, 2.24) is 0 Å². The van der Waals surface area contributed by atoms with E-state index in [4.69, 9.17) is 10.2 Å². The summed E-state index contributed by atoms with van der Waals surface area (Å²) in [6.45, 7) is 0.348. The van der Waals surface area contributed by atoms with Gasteiger partial charge in [0.2, 0.25) is 11.5 Å². The lowest BCUT2D eigenvalue weighted by molar-refractivity contribution is -0.234. The van der Waals surface area contributed by atoms with Crippen molar-refractivity contribution in [3.63, 3.8) is 0 Å². The van der Waals surface area contributed by atoms with Gasteiger partial charge in [-0.25, -0.2) is 4.79 Å². The minimum atomic E-state index is -2.80. The largest absolute Gasteiger partial charge is 0.503 e. The van der Waals surface area contributed by atoms with Gasteiger partial charge >= 0.3 is 17.7 Å². The molecular formula is C8H10O8. The van der Waals surface area contributed by atoms with Crippen LogP contribution in [0.15, 0.2) is 11.5 Å². The van der Waals surface area contributed by atoms with Gasteiger partial charge in [0.1, 0.15) is 6.61 Å². The van der Waals surface area contributed by atoms with E-state index >= 15 is 0 Å². The maximum Gasteiger partial charge on any atom is 0.380 e. The molecule has 0 saturated carbocycles. The minimum Gasteiger partial charge on any atom is -0.503 e. The van der Waals surface area contributed by atoms with Crippen LogP contribution in [0.4, 0.5) is 0 Å². The summed E-state index contributed by atoms with van der Waals surface area (Å²) >= 11 is 0. The Morgan fingerprint density at radius 1 is 1.56 bits per heavy atom. The van der Waals surface area contributed by atoms with Crippen LogP contribution in [-0.2, 0) is 19.1 Å². The number of esters is 2. The fourth-order valence-corrected chi connectivity index (χ4v) is 1.04. The lowest BCUT2D eigenvalue weighted by Gasteiger charge is -2.25. The molecule has 4 N–H and O–H groups in total. The number of cyclic esters (lactones) is 1. The molecule has 1 aliphatic rings. The van der Waals surface area contributed by atoms with Crippen molar-refractivity contribution in [2.24, 2.45) is 0 Å². The second-order valence-electron chi connectivity index (χ2n) is 3.10. The fourth-order valence-electron chi connectivity index (χ4n) is 1.04. The molecule has 2 atom stereocenters.